The summed E-state index contributed by atoms with van der Waals surface area (Å²) < 4.78 is 0. The van der Waals surface area contributed by atoms with Gasteiger partial charge in [0.05, 0.1) is 4.92 Å². The van der Waals surface area contributed by atoms with Gasteiger partial charge in [-0.2, -0.15) is 0 Å². The van der Waals surface area contributed by atoms with Crippen LogP contribution in [0.15, 0.2) is 18.2 Å². The molecule has 1 rings (SSSR count). The van der Waals surface area contributed by atoms with Crippen LogP contribution in [0, 0.1) is 10.1 Å². The van der Waals surface area contributed by atoms with Gasteiger partial charge in [0.2, 0.25) is 0 Å². The second-order valence-corrected chi connectivity index (χ2v) is 5.58. The molecular formula is C15H23ClN2O2. The minimum absolute atomic E-state index is 0.0263. The number of nitrogens with zero attached hydrogens (tertiary/aromatic N) is 1. The molecule has 1 aromatic carbocycles. The summed E-state index contributed by atoms with van der Waals surface area (Å²) >= 11 is 5.79. The van der Waals surface area contributed by atoms with Crippen LogP contribution >= 0.6 is 11.6 Å². The Morgan fingerprint density at radius 2 is 2.10 bits per heavy atom. The molecule has 0 aliphatic carbocycles. The van der Waals surface area contributed by atoms with Gasteiger partial charge < -0.3 is 5.32 Å². The van der Waals surface area contributed by atoms with Gasteiger partial charge in [-0.25, -0.2) is 0 Å². The first-order valence-electron chi connectivity index (χ1n) is 7.20. The second-order valence-electron chi connectivity index (χ2n) is 5.17. The van der Waals surface area contributed by atoms with E-state index in [1.165, 1.54) is 25.7 Å². The number of nitro groups is 1. The molecule has 0 spiro atoms. The standard InChI is InChI=1S/C15H23ClN2O2/c1-3-4-5-6-7-12(2)17-11-13-8-9-14(16)15(10-13)18(19)20/h8-10,12,17H,3-7,11H2,1-2H3. The summed E-state index contributed by atoms with van der Waals surface area (Å²) in [6, 6.07) is 5.37. The van der Waals surface area contributed by atoms with Crippen LogP contribution in [-0.2, 0) is 6.54 Å². The first kappa shape index (κ1) is 16.9. The van der Waals surface area contributed by atoms with E-state index in [4.69, 9.17) is 11.6 Å². The Bertz CT molecular complexity index is 438. The van der Waals surface area contributed by atoms with Crippen LogP contribution in [0.3, 0.4) is 0 Å². The molecule has 0 fully saturated rings. The average molecular weight is 299 g/mol. The lowest BCUT2D eigenvalue weighted by Gasteiger charge is -2.13. The Labute approximate surface area is 125 Å². The summed E-state index contributed by atoms with van der Waals surface area (Å²) in [6.45, 7) is 4.98. The molecule has 112 valence electrons. The molecule has 0 aromatic heterocycles. The van der Waals surface area contributed by atoms with Gasteiger partial charge in [-0.1, -0.05) is 50.3 Å². The van der Waals surface area contributed by atoms with Gasteiger partial charge in [0.15, 0.2) is 0 Å². The Hall–Kier alpha value is -1.13. The molecule has 0 amide bonds. The van der Waals surface area contributed by atoms with Gasteiger partial charge in [0, 0.05) is 18.7 Å². The quantitative estimate of drug-likeness (QED) is 0.408. The van der Waals surface area contributed by atoms with Gasteiger partial charge in [-0.05, 0) is 25.0 Å². The van der Waals surface area contributed by atoms with Crippen molar-refractivity contribution >= 4 is 17.3 Å². The molecule has 0 aliphatic rings. The van der Waals surface area contributed by atoms with E-state index in [0.717, 1.165) is 12.0 Å². The summed E-state index contributed by atoms with van der Waals surface area (Å²) in [5.74, 6) is 0. The van der Waals surface area contributed by atoms with E-state index < -0.39 is 4.92 Å². The molecule has 1 atom stereocenters. The normalized spacial score (nSPS) is 12.3. The smallest absolute Gasteiger partial charge is 0.288 e. The zero-order chi connectivity index (χ0) is 15.0. The van der Waals surface area contributed by atoms with E-state index in [-0.39, 0.29) is 10.7 Å². The molecule has 0 heterocycles. The highest BCUT2D eigenvalue weighted by molar-refractivity contribution is 6.32. The van der Waals surface area contributed by atoms with Crippen molar-refractivity contribution in [3.63, 3.8) is 0 Å². The lowest BCUT2D eigenvalue weighted by atomic mass is 10.1. The maximum absolute atomic E-state index is 10.8. The molecule has 0 saturated carbocycles. The molecular weight excluding hydrogens is 276 g/mol. The Balaban J connectivity index is 2.41. The van der Waals surface area contributed by atoms with Crippen molar-refractivity contribution in [2.45, 2.75) is 58.5 Å². The van der Waals surface area contributed by atoms with Crippen LogP contribution in [0.2, 0.25) is 5.02 Å². The number of hydrogen-bond donors (Lipinski definition) is 1. The zero-order valence-electron chi connectivity index (χ0n) is 12.2. The van der Waals surface area contributed by atoms with Crippen LogP contribution < -0.4 is 5.32 Å². The fourth-order valence-electron chi connectivity index (χ4n) is 2.08. The van der Waals surface area contributed by atoms with E-state index in [2.05, 4.69) is 19.2 Å². The van der Waals surface area contributed by atoms with Crippen LogP contribution in [0.25, 0.3) is 0 Å². The van der Waals surface area contributed by atoms with Crippen molar-refractivity contribution in [2.24, 2.45) is 0 Å². The minimum Gasteiger partial charge on any atom is -0.310 e. The summed E-state index contributed by atoms with van der Waals surface area (Å²) in [4.78, 5) is 10.4. The van der Waals surface area contributed by atoms with Gasteiger partial charge in [0.25, 0.3) is 5.69 Å². The first-order valence-corrected chi connectivity index (χ1v) is 7.58. The molecule has 1 N–H and O–H groups in total. The molecule has 5 heteroatoms. The molecule has 0 saturated heterocycles. The number of benzene rings is 1. The number of hydrogen-bond acceptors (Lipinski definition) is 3. The number of halogens is 1. The van der Waals surface area contributed by atoms with E-state index in [1.807, 2.05) is 6.07 Å². The highest BCUT2D eigenvalue weighted by Crippen LogP contribution is 2.25. The van der Waals surface area contributed by atoms with Crippen molar-refractivity contribution in [3.8, 4) is 0 Å². The SMILES string of the molecule is CCCCCCC(C)NCc1ccc(Cl)c([N+](=O)[O-])c1. The van der Waals surface area contributed by atoms with Crippen molar-refractivity contribution < 1.29 is 4.92 Å². The number of nitrogens with one attached hydrogen (secondary N) is 1. The van der Waals surface area contributed by atoms with Crippen LogP contribution in [0.1, 0.15) is 51.5 Å². The molecule has 4 nitrogen and oxygen atoms in total. The Morgan fingerprint density at radius 3 is 2.75 bits per heavy atom. The second kappa shape index (κ2) is 8.93. The number of rotatable bonds is 9. The zero-order valence-corrected chi connectivity index (χ0v) is 12.9. The number of unbranched alkanes of at least 4 members (excludes halogenated alkanes) is 3. The Morgan fingerprint density at radius 1 is 1.35 bits per heavy atom. The van der Waals surface area contributed by atoms with E-state index >= 15 is 0 Å². The Kier molecular flexibility index (Phi) is 7.55. The molecule has 20 heavy (non-hydrogen) atoms. The largest absolute Gasteiger partial charge is 0.310 e. The van der Waals surface area contributed by atoms with Crippen molar-refractivity contribution in [1.82, 2.24) is 5.32 Å². The third-order valence-electron chi connectivity index (χ3n) is 3.35. The monoisotopic (exact) mass is 298 g/mol. The molecule has 0 bridgehead atoms. The first-order chi connectivity index (χ1) is 9.54. The fraction of sp³-hybridized carbons (Fsp3) is 0.600. The fourth-order valence-corrected chi connectivity index (χ4v) is 2.27. The molecule has 1 aromatic rings. The van der Waals surface area contributed by atoms with Crippen molar-refractivity contribution in [2.75, 3.05) is 0 Å². The van der Waals surface area contributed by atoms with Crippen LogP contribution in [0.5, 0.6) is 0 Å². The lowest BCUT2D eigenvalue weighted by molar-refractivity contribution is -0.384. The van der Waals surface area contributed by atoms with Crippen LogP contribution in [0.4, 0.5) is 5.69 Å². The van der Waals surface area contributed by atoms with E-state index in [0.29, 0.717) is 12.6 Å². The van der Waals surface area contributed by atoms with Gasteiger partial charge >= 0.3 is 0 Å². The van der Waals surface area contributed by atoms with E-state index in [1.54, 1.807) is 12.1 Å². The van der Waals surface area contributed by atoms with Gasteiger partial charge in [0.1, 0.15) is 5.02 Å². The maximum atomic E-state index is 10.8. The van der Waals surface area contributed by atoms with Crippen molar-refractivity contribution in [1.29, 1.82) is 0 Å². The predicted octanol–water partition coefficient (Wildman–Crippen LogP) is 4.70. The predicted molar refractivity (Wildman–Crippen MR) is 83.2 cm³/mol. The molecule has 1 unspecified atom stereocenters. The summed E-state index contributed by atoms with van der Waals surface area (Å²) in [7, 11) is 0. The highest BCUT2D eigenvalue weighted by Gasteiger charge is 2.12. The summed E-state index contributed by atoms with van der Waals surface area (Å²) in [6.07, 6.45) is 6.17. The minimum atomic E-state index is -0.444. The summed E-state index contributed by atoms with van der Waals surface area (Å²) in [5, 5.41) is 14.4. The third kappa shape index (κ3) is 5.88. The average Bonchev–Trinajstić information content (AvgIpc) is 2.42. The van der Waals surface area contributed by atoms with Crippen molar-refractivity contribution in [3.05, 3.63) is 38.9 Å². The highest BCUT2D eigenvalue weighted by atomic mass is 35.5. The summed E-state index contributed by atoms with van der Waals surface area (Å²) in [5.41, 5.74) is 0.864. The van der Waals surface area contributed by atoms with E-state index in [9.17, 15) is 10.1 Å². The topological polar surface area (TPSA) is 55.2 Å². The third-order valence-corrected chi connectivity index (χ3v) is 3.67. The van der Waals surface area contributed by atoms with Gasteiger partial charge in [-0.3, -0.25) is 10.1 Å². The molecule has 0 radical (unpaired) electrons. The lowest BCUT2D eigenvalue weighted by Crippen LogP contribution is -2.25. The maximum Gasteiger partial charge on any atom is 0.288 e. The van der Waals surface area contributed by atoms with Crippen LogP contribution in [-0.4, -0.2) is 11.0 Å². The molecule has 0 aliphatic heterocycles. The van der Waals surface area contributed by atoms with Gasteiger partial charge in [-0.15, -0.1) is 0 Å². The number of nitro benzene ring substituents is 1.